The SMILES string of the molecule is CC(C(=O)NCc1cc(C(C)(C)C)nn1-c1ccc(F)cc1)c1ccc(CNS(C)(=O)=O)c(F)c1. The largest absolute Gasteiger partial charge is 0.350 e. The van der Waals surface area contributed by atoms with Gasteiger partial charge in [-0.25, -0.2) is 26.6 Å². The highest BCUT2D eigenvalue weighted by Crippen LogP contribution is 2.24. The number of rotatable bonds is 8. The molecule has 0 bridgehead atoms. The van der Waals surface area contributed by atoms with Gasteiger partial charge in [0.05, 0.1) is 35.8 Å². The van der Waals surface area contributed by atoms with Crippen molar-refractivity contribution in [2.45, 2.75) is 52.1 Å². The van der Waals surface area contributed by atoms with Gasteiger partial charge in [-0.1, -0.05) is 32.9 Å². The van der Waals surface area contributed by atoms with Crippen LogP contribution in [-0.2, 0) is 33.3 Å². The van der Waals surface area contributed by atoms with Gasteiger partial charge in [0.1, 0.15) is 11.6 Å². The van der Waals surface area contributed by atoms with E-state index in [0.717, 1.165) is 17.6 Å². The first kappa shape index (κ1) is 26.5. The molecule has 188 valence electrons. The molecule has 1 atom stereocenters. The Balaban J connectivity index is 1.76. The van der Waals surface area contributed by atoms with Crippen LogP contribution in [0.3, 0.4) is 0 Å². The zero-order valence-corrected chi connectivity index (χ0v) is 21.2. The highest BCUT2D eigenvalue weighted by atomic mass is 32.2. The van der Waals surface area contributed by atoms with Crippen molar-refractivity contribution >= 4 is 15.9 Å². The summed E-state index contributed by atoms with van der Waals surface area (Å²) >= 11 is 0. The van der Waals surface area contributed by atoms with E-state index in [0.29, 0.717) is 11.3 Å². The fraction of sp³-hybridized carbons (Fsp3) is 0.360. The van der Waals surface area contributed by atoms with Crippen molar-refractivity contribution < 1.29 is 22.0 Å². The number of halogens is 2. The zero-order chi connectivity index (χ0) is 26.0. The van der Waals surface area contributed by atoms with Crippen molar-refractivity contribution in [3.63, 3.8) is 0 Å². The molecule has 0 radical (unpaired) electrons. The highest BCUT2D eigenvalue weighted by molar-refractivity contribution is 7.88. The molecule has 0 aliphatic heterocycles. The van der Waals surface area contributed by atoms with Crippen molar-refractivity contribution in [3.8, 4) is 5.69 Å². The molecule has 1 amide bonds. The Kier molecular flexibility index (Phi) is 7.76. The minimum absolute atomic E-state index is 0.169. The topological polar surface area (TPSA) is 93.1 Å². The number of carbonyl (C=O) groups excluding carboxylic acids is 1. The number of nitrogens with one attached hydrogen (secondary N) is 2. The van der Waals surface area contributed by atoms with Crippen LogP contribution < -0.4 is 10.0 Å². The molecule has 35 heavy (non-hydrogen) atoms. The fourth-order valence-electron chi connectivity index (χ4n) is 3.39. The Hall–Kier alpha value is -3.11. The molecule has 7 nitrogen and oxygen atoms in total. The first-order chi connectivity index (χ1) is 16.2. The minimum atomic E-state index is -3.45. The van der Waals surface area contributed by atoms with Crippen LogP contribution in [0.5, 0.6) is 0 Å². The summed E-state index contributed by atoms with van der Waals surface area (Å²) in [6.07, 6.45) is 0.998. The quantitative estimate of drug-likeness (QED) is 0.486. The Labute approximate surface area is 204 Å². The zero-order valence-electron chi connectivity index (χ0n) is 20.4. The van der Waals surface area contributed by atoms with Gasteiger partial charge in [-0.3, -0.25) is 4.79 Å². The van der Waals surface area contributed by atoms with E-state index < -0.39 is 21.8 Å². The van der Waals surface area contributed by atoms with E-state index in [2.05, 4.69) is 15.1 Å². The average molecular weight is 505 g/mol. The van der Waals surface area contributed by atoms with Crippen molar-refractivity contribution in [2.24, 2.45) is 0 Å². The van der Waals surface area contributed by atoms with Crippen LogP contribution in [0.25, 0.3) is 5.69 Å². The first-order valence-electron chi connectivity index (χ1n) is 11.1. The number of nitrogens with zero attached hydrogens (tertiary/aromatic N) is 2. The molecule has 1 unspecified atom stereocenters. The molecule has 10 heteroatoms. The van der Waals surface area contributed by atoms with Crippen LogP contribution >= 0.6 is 0 Å². The van der Waals surface area contributed by atoms with Gasteiger partial charge in [-0.2, -0.15) is 5.10 Å². The third kappa shape index (κ3) is 6.95. The van der Waals surface area contributed by atoms with Gasteiger partial charge < -0.3 is 5.32 Å². The second-order valence-electron chi connectivity index (χ2n) is 9.54. The lowest BCUT2D eigenvalue weighted by molar-refractivity contribution is -0.122. The Morgan fingerprint density at radius 1 is 1.06 bits per heavy atom. The van der Waals surface area contributed by atoms with Crippen LogP contribution in [0.15, 0.2) is 48.5 Å². The van der Waals surface area contributed by atoms with Crippen LogP contribution in [-0.4, -0.2) is 30.4 Å². The molecule has 0 fully saturated rings. The molecule has 2 N–H and O–H groups in total. The van der Waals surface area contributed by atoms with Gasteiger partial charge in [0, 0.05) is 17.5 Å². The van der Waals surface area contributed by atoms with Crippen LogP contribution in [0.4, 0.5) is 8.78 Å². The van der Waals surface area contributed by atoms with Crippen molar-refractivity contribution in [1.29, 1.82) is 0 Å². The number of sulfonamides is 1. The summed E-state index contributed by atoms with van der Waals surface area (Å²) in [4.78, 5) is 12.9. The smallest absolute Gasteiger partial charge is 0.227 e. The standard InChI is InChI=1S/C25H30F2N4O3S/c1-16(17-6-7-18(22(27)12-17)14-29-35(5,33)34)24(32)28-15-21-13-23(25(2,3)4)30-31(21)20-10-8-19(26)9-11-20/h6-13,16,29H,14-15H2,1-5H3,(H,28,32). The third-order valence-corrected chi connectivity index (χ3v) is 6.23. The molecule has 3 rings (SSSR count). The molecule has 1 heterocycles. The van der Waals surface area contributed by atoms with Gasteiger partial charge in [-0.05, 0) is 48.9 Å². The van der Waals surface area contributed by atoms with Crippen molar-refractivity contribution in [2.75, 3.05) is 6.26 Å². The predicted molar refractivity (Wildman–Crippen MR) is 131 cm³/mol. The molecule has 0 spiro atoms. The van der Waals surface area contributed by atoms with E-state index in [1.165, 1.54) is 24.3 Å². The highest BCUT2D eigenvalue weighted by Gasteiger charge is 2.22. The molecule has 0 saturated carbocycles. The molecule has 0 aliphatic rings. The molecule has 0 aliphatic carbocycles. The lowest BCUT2D eigenvalue weighted by Gasteiger charge is -2.15. The summed E-state index contributed by atoms with van der Waals surface area (Å²) in [7, 11) is -3.45. The molecular formula is C25H30F2N4O3S. The number of carbonyl (C=O) groups is 1. The van der Waals surface area contributed by atoms with Crippen LogP contribution in [0.1, 0.15) is 56.1 Å². The molecule has 3 aromatic rings. The average Bonchev–Trinajstić information content (AvgIpc) is 3.21. The summed E-state index contributed by atoms with van der Waals surface area (Å²) in [6.45, 7) is 7.74. The third-order valence-electron chi connectivity index (χ3n) is 5.56. The van der Waals surface area contributed by atoms with E-state index in [-0.39, 0.29) is 35.8 Å². The minimum Gasteiger partial charge on any atom is -0.350 e. The Morgan fingerprint density at radius 2 is 1.71 bits per heavy atom. The van der Waals surface area contributed by atoms with Gasteiger partial charge in [-0.15, -0.1) is 0 Å². The lowest BCUT2D eigenvalue weighted by atomic mass is 9.92. The van der Waals surface area contributed by atoms with Gasteiger partial charge in [0.2, 0.25) is 15.9 Å². The number of hydrogen-bond donors (Lipinski definition) is 2. The van der Waals surface area contributed by atoms with Crippen LogP contribution in [0, 0.1) is 11.6 Å². The van der Waals surface area contributed by atoms with E-state index >= 15 is 0 Å². The number of hydrogen-bond acceptors (Lipinski definition) is 4. The maximum Gasteiger partial charge on any atom is 0.227 e. The Bertz CT molecular complexity index is 1310. The monoisotopic (exact) mass is 504 g/mol. The summed E-state index contributed by atoms with van der Waals surface area (Å²) < 4.78 is 54.3. The Morgan fingerprint density at radius 3 is 2.29 bits per heavy atom. The van der Waals surface area contributed by atoms with Gasteiger partial charge >= 0.3 is 0 Å². The van der Waals surface area contributed by atoms with Gasteiger partial charge in [0.15, 0.2) is 0 Å². The van der Waals surface area contributed by atoms with E-state index in [1.807, 2.05) is 26.8 Å². The molecule has 2 aromatic carbocycles. The van der Waals surface area contributed by atoms with E-state index in [1.54, 1.807) is 29.8 Å². The van der Waals surface area contributed by atoms with Crippen LogP contribution in [0.2, 0.25) is 0 Å². The fourth-order valence-corrected chi connectivity index (χ4v) is 3.80. The second-order valence-corrected chi connectivity index (χ2v) is 11.4. The first-order valence-corrected chi connectivity index (χ1v) is 13.0. The molecule has 0 saturated heterocycles. The molecule has 1 aromatic heterocycles. The number of amides is 1. The summed E-state index contributed by atoms with van der Waals surface area (Å²) in [5, 5.41) is 7.54. The summed E-state index contributed by atoms with van der Waals surface area (Å²) in [5.41, 5.74) is 2.62. The maximum absolute atomic E-state index is 14.5. The maximum atomic E-state index is 14.5. The number of benzene rings is 2. The lowest BCUT2D eigenvalue weighted by Crippen LogP contribution is -2.28. The van der Waals surface area contributed by atoms with Crippen molar-refractivity contribution in [1.82, 2.24) is 19.8 Å². The van der Waals surface area contributed by atoms with E-state index in [4.69, 9.17) is 0 Å². The predicted octanol–water partition coefficient (Wildman–Crippen LogP) is 3.92. The molecular weight excluding hydrogens is 474 g/mol. The number of aromatic nitrogens is 2. The van der Waals surface area contributed by atoms with E-state index in [9.17, 15) is 22.0 Å². The second kappa shape index (κ2) is 10.2. The summed E-state index contributed by atoms with van der Waals surface area (Å²) in [5.74, 6) is -1.91. The van der Waals surface area contributed by atoms with Gasteiger partial charge in [0.25, 0.3) is 0 Å². The van der Waals surface area contributed by atoms with Crippen molar-refractivity contribution in [3.05, 3.63) is 82.7 Å². The summed E-state index contributed by atoms with van der Waals surface area (Å²) in [6, 6.07) is 12.1. The normalized spacial score (nSPS) is 13.0.